The predicted molar refractivity (Wildman–Crippen MR) is 136 cm³/mol. The van der Waals surface area contributed by atoms with E-state index in [0.717, 1.165) is 0 Å². The minimum absolute atomic E-state index is 0.113. The molecule has 0 atom stereocenters. The van der Waals surface area contributed by atoms with Gasteiger partial charge < -0.3 is 20.1 Å². The lowest BCUT2D eigenvalue weighted by Crippen LogP contribution is -2.30. The van der Waals surface area contributed by atoms with Gasteiger partial charge >= 0.3 is 5.97 Å². The topological polar surface area (TPSA) is 137 Å². The number of carbonyl (C=O) groups excluding carboxylic acids is 3. The molecule has 3 aromatic carbocycles. The van der Waals surface area contributed by atoms with Gasteiger partial charge in [0.2, 0.25) is 0 Å². The van der Waals surface area contributed by atoms with E-state index in [0.29, 0.717) is 27.0 Å². The first kappa shape index (κ1) is 26.1. The van der Waals surface area contributed by atoms with E-state index in [1.165, 1.54) is 74.9 Å². The number of anilines is 1. The average molecular weight is 554 g/mol. The van der Waals surface area contributed by atoms with Crippen LogP contribution in [0.5, 0.6) is 5.75 Å². The number of ether oxygens (including phenoxy) is 2. The molecule has 0 saturated carbocycles. The summed E-state index contributed by atoms with van der Waals surface area (Å²) in [5, 5.41) is 16.2. The Bertz CT molecular complexity index is 1340. The molecule has 0 aliphatic carbocycles. The van der Waals surface area contributed by atoms with E-state index >= 15 is 0 Å². The van der Waals surface area contributed by atoms with Crippen molar-refractivity contribution in [1.29, 1.82) is 0 Å². The summed E-state index contributed by atoms with van der Waals surface area (Å²) < 4.78 is 10.4. The monoisotopic (exact) mass is 553 g/mol. The number of benzene rings is 3. The van der Waals surface area contributed by atoms with E-state index in [1.807, 2.05) is 0 Å². The lowest BCUT2D eigenvalue weighted by Gasteiger charge is -2.12. The lowest BCUT2D eigenvalue weighted by atomic mass is 10.1. The molecular formula is C25H20BrN3O7. The molecule has 2 N–H and O–H groups in total. The van der Waals surface area contributed by atoms with Crippen LogP contribution in [-0.2, 0) is 9.53 Å². The number of non-ortho nitro benzene ring substituents is 1. The van der Waals surface area contributed by atoms with Gasteiger partial charge in [-0.1, -0.05) is 0 Å². The van der Waals surface area contributed by atoms with Crippen LogP contribution in [0.15, 0.2) is 76.9 Å². The molecule has 36 heavy (non-hydrogen) atoms. The number of rotatable bonds is 8. The minimum atomic E-state index is -0.653. The predicted octanol–water partition coefficient (Wildman–Crippen LogP) is 4.56. The Kier molecular flexibility index (Phi) is 8.52. The maximum Gasteiger partial charge on any atom is 0.337 e. The first-order valence-electron chi connectivity index (χ1n) is 10.3. The van der Waals surface area contributed by atoms with Crippen LogP contribution in [0.3, 0.4) is 0 Å². The number of hydrogen-bond acceptors (Lipinski definition) is 7. The number of carbonyl (C=O) groups is 3. The van der Waals surface area contributed by atoms with Gasteiger partial charge in [0.15, 0.2) is 0 Å². The van der Waals surface area contributed by atoms with Gasteiger partial charge in [-0.3, -0.25) is 19.7 Å². The van der Waals surface area contributed by atoms with E-state index in [9.17, 15) is 24.5 Å². The fourth-order valence-electron chi connectivity index (χ4n) is 3.03. The van der Waals surface area contributed by atoms with Crippen LogP contribution < -0.4 is 15.4 Å². The molecule has 0 aliphatic heterocycles. The van der Waals surface area contributed by atoms with Crippen LogP contribution in [0.1, 0.15) is 26.3 Å². The highest BCUT2D eigenvalue weighted by atomic mass is 79.9. The van der Waals surface area contributed by atoms with Gasteiger partial charge in [0.25, 0.3) is 17.5 Å². The average Bonchev–Trinajstić information content (AvgIpc) is 2.88. The molecule has 0 saturated heterocycles. The fraction of sp³-hybridized carbons (Fsp3) is 0.0800. The summed E-state index contributed by atoms with van der Waals surface area (Å²) in [6, 6.07) is 16.1. The van der Waals surface area contributed by atoms with Crippen molar-refractivity contribution < 1.29 is 28.8 Å². The van der Waals surface area contributed by atoms with Crippen LogP contribution in [0, 0.1) is 10.1 Å². The van der Waals surface area contributed by atoms with Gasteiger partial charge in [0.05, 0.1) is 29.2 Å². The molecule has 3 rings (SSSR count). The third-order valence-corrected chi connectivity index (χ3v) is 5.51. The summed E-state index contributed by atoms with van der Waals surface area (Å²) in [6.07, 6.45) is 1.39. The maximum absolute atomic E-state index is 13.1. The Balaban J connectivity index is 1.89. The van der Waals surface area contributed by atoms with Gasteiger partial charge in [-0.15, -0.1) is 0 Å². The zero-order valence-electron chi connectivity index (χ0n) is 19.1. The summed E-state index contributed by atoms with van der Waals surface area (Å²) in [4.78, 5) is 48.0. The van der Waals surface area contributed by atoms with E-state index in [4.69, 9.17) is 4.74 Å². The molecule has 184 valence electrons. The highest BCUT2D eigenvalue weighted by Crippen LogP contribution is 2.25. The molecule has 0 spiro atoms. The molecular weight excluding hydrogens is 534 g/mol. The number of methoxy groups -OCH3 is 2. The zero-order chi connectivity index (χ0) is 26.2. The Morgan fingerprint density at radius 1 is 0.944 bits per heavy atom. The Morgan fingerprint density at radius 2 is 1.58 bits per heavy atom. The Morgan fingerprint density at radius 3 is 2.14 bits per heavy atom. The Labute approximate surface area is 214 Å². The quantitative estimate of drug-likeness (QED) is 0.180. The van der Waals surface area contributed by atoms with Crippen LogP contribution in [0.2, 0.25) is 0 Å². The molecule has 0 aromatic heterocycles. The standard InChI is InChI=1S/C25H20BrN3O7/c1-35-22-12-7-17(14-20(22)26)23(30)28-21(13-15-3-10-19(11-4-15)29(33)34)24(31)27-18-8-5-16(6-9-18)25(32)36-2/h3-14H,1-2H3,(H,27,31)(H,28,30)/b21-13-. The summed E-state index contributed by atoms with van der Waals surface area (Å²) in [5.74, 6) is -1.21. The van der Waals surface area contributed by atoms with E-state index in [2.05, 4.69) is 31.3 Å². The number of nitrogens with one attached hydrogen (secondary N) is 2. The van der Waals surface area contributed by atoms with Crippen LogP contribution in [0.4, 0.5) is 11.4 Å². The van der Waals surface area contributed by atoms with Crippen LogP contribution in [0.25, 0.3) is 6.08 Å². The number of nitrogens with zero attached hydrogens (tertiary/aromatic N) is 1. The van der Waals surface area contributed by atoms with Crippen LogP contribution >= 0.6 is 15.9 Å². The van der Waals surface area contributed by atoms with Crippen LogP contribution in [-0.4, -0.2) is 36.9 Å². The molecule has 0 radical (unpaired) electrons. The smallest absolute Gasteiger partial charge is 0.337 e. The van der Waals surface area contributed by atoms with Crippen molar-refractivity contribution in [3.63, 3.8) is 0 Å². The number of hydrogen-bond donors (Lipinski definition) is 2. The number of nitro benzene ring substituents is 1. The van der Waals surface area contributed by atoms with Gasteiger partial charge in [0.1, 0.15) is 11.4 Å². The zero-order valence-corrected chi connectivity index (χ0v) is 20.7. The normalized spacial score (nSPS) is 10.8. The molecule has 2 amide bonds. The minimum Gasteiger partial charge on any atom is -0.496 e. The van der Waals surface area contributed by atoms with Gasteiger partial charge in [-0.2, -0.15) is 0 Å². The maximum atomic E-state index is 13.1. The molecule has 3 aromatic rings. The van der Waals surface area contributed by atoms with Crippen molar-refractivity contribution in [2.24, 2.45) is 0 Å². The Hall–Kier alpha value is -4.51. The summed E-state index contributed by atoms with van der Waals surface area (Å²) in [7, 11) is 2.75. The first-order chi connectivity index (χ1) is 17.2. The largest absolute Gasteiger partial charge is 0.496 e. The fourth-order valence-corrected chi connectivity index (χ4v) is 3.57. The number of nitro groups is 1. The second-order valence-corrected chi connectivity index (χ2v) is 8.09. The van der Waals surface area contributed by atoms with Crippen molar-refractivity contribution in [3.8, 4) is 5.75 Å². The second-order valence-electron chi connectivity index (χ2n) is 7.23. The van der Waals surface area contributed by atoms with Crippen molar-refractivity contribution >= 4 is 51.2 Å². The van der Waals surface area contributed by atoms with E-state index < -0.39 is 22.7 Å². The van der Waals surface area contributed by atoms with Crippen molar-refractivity contribution in [1.82, 2.24) is 5.32 Å². The number of amides is 2. The third-order valence-electron chi connectivity index (χ3n) is 4.89. The molecule has 0 heterocycles. The SMILES string of the molecule is COC(=O)c1ccc(NC(=O)/C(=C/c2ccc([N+](=O)[O-])cc2)NC(=O)c2ccc(OC)c(Br)c2)cc1. The highest BCUT2D eigenvalue weighted by Gasteiger charge is 2.17. The highest BCUT2D eigenvalue weighted by molar-refractivity contribution is 9.10. The van der Waals surface area contributed by atoms with E-state index in [-0.39, 0.29) is 16.9 Å². The van der Waals surface area contributed by atoms with Gasteiger partial charge in [-0.05, 0) is 82.2 Å². The molecule has 0 unspecified atom stereocenters. The summed E-state index contributed by atoms with van der Waals surface area (Å²) in [6.45, 7) is 0. The van der Waals surface area contributed by atoms with Crippen molar-refractivity contribution in [2.45, 2.75) is 0 Å². The van der Waals surface area contributed by atoms with E-state index in [1.54, 1.807) is 12.1 Å². The van der Waals surface area contributed by atoms with Gasteiger partial charge in [0, 0.05) is 23.4 Å². The number of halogens is 1. The molecule has 11 heteroatoms. The molecule has 10 nitrogen and oxygen atoms in total. The molecule has 0 fully saturated rings. The van der Waals surface area contributed by atoms with Crippen molar-refractivity contribution in [2.75, 3.05) is 19.5 Å². The molecule has 0 bridgehead atoms. The lowest BCUT2D eigenvalue weighted by molar-refractivity contribution is -0.384. The number of esters is 1. The summed E-state index contributed by atoms with van der Waals surface area (Å²) >= 11 is 3.32. The van der Waals surface area contributed by atoms with Gasteiger partial charge in [-0.25, -0.2) is 4.79 Å². The first-order valence-corrected chi connectivity index (χ1v) is 11.1. The molecule has 0 aliphatic rings. The second kappa shape index (κ2) is 11.8. The van der Waals surface area contributed by atoms with Crippen molar-refractivity contribution in [3.05, 3.63) is 104 Å². The third kappa shape index (κ3) is 6.54. The summed E-state index contributed by atoms with van der Waals surface area (Å²) in [5.41, 5.74) is 1.14.